The summed E-state index contributed by atoms with van der Waals surface area (Å²) in [7, 11) is 1.77. The number of rotatable bonds is 8. The number of hydrogen-bond donors (Lipinski definition) is 2. The summed E-state index contributed by atoms with van der Waals surface area (Å²) < 4.78 is 5.16. The fourth-order valence-corrected chi connectivity index (χ4v) is 2.97. The molecule has 0 aromatic heterocycles. The number of guanidine groups is 1. The highest BCUT2D eigenvalue weighted by Gasteiger charge is 2.18. The van der Waals surface area contributed by atoms with Gasteiger partial charge in [0.25, 0.3) is 0 Å². The van der Waals surface area contributed by atoms with Crippen molar-refractivity contribution >= 4 is 29.9 Å². The van der Waals surface area contributed by atoms with Crippen LogP contribution in [0.15, 0.2) is 35.3 Å². The normalized spacial score (nSPS) is 16.3. The number of methoxy groups -OCH3 is 1. The molecule has 1 fully saturated rings. The zero-order chi connectivity index (χ0) is 17.0. The molecule has 5 nitrogen and oxygen atoms in total. The highest BCUT2D eigenvalue weighted by atomic mass is 127. The Balaban J connectivity index is 0.00000312. The van der Waals surface area contributed by atoms with Gasteiger partial charge in [-0.05, 0) is 44.3 Å². The minimum atomic E-state index is 0. The van der Waals surface area contributed by atoms with E-state index in [2.05, 4.69) is 46.7 Å². The fraction of sp³-hybridized carbons (Fsp3) is 0.632. The third-order valence-electron chi connectivity index (χ3n) is 4.48. The molecule has 0 unspecified atom stereocenters. The minimum Gasteiger partial charge on any atom is -0.383 e. The number of likely N-dealkylation sites (tertiary alicyclic amines) is 1. The van der Waals surface area contributed by atoms with E-state index >= 15 is 0 Å². The van der Waals surface area contributed by atoms with Crippen molar-refractivity contribution in [3.63, 3.8) is 0 Å². The topological polar surface area (TPSA) is 48.9 Å². The Kier molecular flexibility index (Phi) is 11.9. The number of benzene rings is 1. The molecule has 2 N–H and O–H groups in total. The summed E-state index contributed by atoms with van der Waals surface area (Å²) in [6.45, 7) is 8.94. The van der Waals surface area contributed by atoms with Crippen LogP contribution in [0.3, 0.4) is 0 Å². The Hall–Kier alpha value is -0.860. The van der Waals surface area contributed by atoms with Crippen LogP contribution in [-0.2, 0) is 11.3 Å². The molecule has 0 radical (unpaired) electrons. The largest absolute Gasteiger partial charge is 0.383 e. The van der Waals surface area contributed by atoms with Crippen molar-refractivity contribution in [2.75, 3.05) is 46.4 Å². The quantitative estimate of drug-likeness (QED) is 0.356. The van der Waals surface area contributed by atoms with Gasteiger partial charge in [-0.2, -0.15) is 0 Å². The predicted molar refractivity (Wildman–Crippen MR) is 116 cm³/mol. The second kappa shape index (κ2) is 13.4. The molecular formula is C19H33IN4O. The maximum atomic E-state index is 5.16. The van der Waals surface area contributed by atoms with E-state index < -0.39 is 0 Å². The number of piperidine rings is 1. The SMILES string of the molecule is CCNC(=NCc1ccccc1)NCC1CCN(CCOC)CC1.I. The Bertz CT molecular complexity index is 476. The Morgan fingerprint density at radius 3 is 2.56 bits per heavy atom. The predicted octanol–water partition coefficient (Wildman–Crippen LogP) is 2.72. The van der Waals surface area contributed by atoms with E-state index in [4.69, 9.17) is 9.73 Å². The standard InChI is InChI=1S/C19H32N4O.HI/c1-3-20-19(21-15-17-7-5-4-6-8-17)22-16-18-9-11-23(12-10-18)13-14-24-2;/h4-8,18H,3,9-16H2,1-2H3,(H2,20,21,22);1H. The van der Waals surface area contributed by atoms with Gasteiger partial charge in [0.2, 0.25) is 0 Å². The van der Waals surface area contributed by atoms with Gasteiger partial charge in [0.05, 0.1) is 13.2 Å². The van der Waals surface area contributed by atoms with Crippen molar-refractivity contribution in [1.82, 2.24) is 15.5 Å². The van der Waals surface area contributed by atoms with Crippen molar-refractivity contribution in [2.24, 2.45) is 10.9 Å². The monoisotopic (exact) mass is 460 g/mol. The zero-order valence-electron chi connectivity index (χ0n) is 15.5. The average molecular weight is 460 g/mol. The molecule has 0 atom stereocenters. The lowest BCUT2D eigenvalue weighted by Crippen LogP contribution is -2.43. The fourth-order valence-electron chi connectivity index (χ4n) is 2.97. The van der Waals surface area contributed by atoms with Crippen molar-refractivity contribution in [1.29, 1.82) is 0 Å². The number of aliphatic imine (C=N–C) groups is 1. The number of halogens is 1. The molecule has 0 spiro atoms. The van der Waals surface area contributed by atoms with Crippen molar-refractivity contribution in [3.8, 4) is 0 Å². The lowest BCUT2D eigenvalue weighted by molar-refractivity contribution is 0.121. The molecule has 25 heavy (non-hydrogen) atoms. The lowest BCUT2D eigenvalue weighted by atomic mass is 9.97. The van der Waals surface area contributed by atoms with Gasteiger partial charge in [0.1, 0.15) is 0 Å². The van der Waals surface area contributed by atoms with E-state index in [1.54, 1.807) is 7.11 Å². The summed E-state index contributed by atoms with van der Waals surface area (Å²) in [6, 6.07) is 10.4. The highest BCUT2D eigenvalue weighted by Crippen LogP contribution is 2.15. The van der Waals surface area contributed by atoms with Crippen LogP contribution in [0.1, 0.15) is 25.3 Å². The van der Waals surface area contributed by atoms with E-state index in [0.717, 1.165) is 38.1 Å². The van der Waals surface area contributed by atoms with Gasteiger partial charge in [-0.15, -0.1) is 24.0 Å². The number of ether oxygens (including phenoxy) is 1. The Morgan fingerprint density at radius 1 is 1.20 bits per heavy atom. The lowest BCUT2D eigenvalue weighted by Gasteiger charge is -2.32. The molecule has 1 heterocycles. The molecule has 0 saturated carbocycles. The van der Waals surface area contributed by atoms with Crippen LogP contribution in [-0.4, -0.2) is 57.3 Å². The molecule has 142 valence electrons. The van der Waals surface area contributed by atoms with Gasteiger partial charge in [-0.25, -0.2) is 4.99 Å². The van der Waals surface area contributed by atoms with Crippen LogP contribution < -0.4 is 10.6 Å². The summed E-state index contributed by atoms with van der Waals surface area (Å²) in [5.74, 6) is 1.65. The smallest absolute Gasteiger partial charge is 0.191 e. The number of nitrogens with zero attached hydrogens (tertiary/aromatic N) is 2. The summed E-state index contributed by atoms with van der Waals surface area (Å²) in [6.07, 6.45) is 2.49. The first kappa shape index (κ1) is 22.2. The molecule has 1 saturated heterocycles. The maximum absolute atomic E-state index is 5.16. The van der Waals surface area contributed by atoms with Crippen LogP contribution in [0.25, 0.3) is 0 Å². The third kappa shape index (κ3) is 8.87. The van der Waals surface area contributed by atoms with Gasteiger partial charge in [-0.1, -0.05) is 30.3 Å². The van der Waals surface area contributed by atoms with Crippen LogP contribution in [0.5, 0.6) is 0 Å². The first-order chi connectivity index (χ1) is 11.8. The molecule has 0 bridgehead atoms. The van der Waals surface area contributed by atoms with Crippen molar-refractivity contribution < 1.29 is 4.74 Å². The van der Waals surface area contributed by atoms with Crippen LogP contribution in [0.2, 0.25) is 0 Å². The molecule has 6 heteroatoms. The van der Waals surface area contributed by atoms with E-state index in [9.17, 15) is 0 Å². The van der Waals surface area contributed by atoms with Crippen LogP contribution in [0.4, 0.5) is 0 Å². The number of hydrogen-bond acceptors (Lipinski definition) is 3. The van der Waals surface area contributed by atoms with Gasteiger partial charge >= 0.3 is 0 Å². The molecular weight excluding hydrogens is 427 g/mol. The summed E-state index contributed by atoms with van der Waals surface area (Å²) in [5, 5.41) is 6.86. The second-order valence-corrected chi connectivity index (χ2v) is 6.34. The Morgan fingerprint density at radius 2 is 1.92 bits per heavy atom. The van der Waals surface area contributed by atoms with Gasteiger partial charge < -0.3 is 20.3 Å². The summed E-state index contributed by atoms with van der Waals surface area (Å²) in [5.41, 5.74) is 1.24. The third-order valence-corrected chi connectivity index (χ3v) is 4.48. The first-order valence-electron chi connectivity index (χ1n) is 9.09. The summed E-state index contributed by atoms with van der Waals surface area (Å²) in [4.78, 5) is 7.19. The van der Waals surface area contributed by atoms with Crippen molar-refractivity contribution in [3.05, 3.63) is 35.9 Å². The van der Waals surface area contributed by atoms with E-state index in [1.807, 2.05) is 6.07 Å². The molecule has 0 amide bonds. The van der Waals surface area contributed by atoms with Gasteiger partial charge in [0.15, 0.2) is 5.96 Å². The molecule has 0 aliphatic carbocycles. The first-order valence-corrected chi connectivity index (χ1v) is 9.09. The molecule has 2 rings (SSSR count). The van der Waals surface area contributed by atoms with E-state index in [-0.39, 0.29) is 24.0 Å². The molecule has 1 aromatic rings. The Labute approximate surface area is 169 Å². The zero-order valence-corrected chi connectivity index (χ0v) is 17.9. The minimum absolute atomic E-state index is 0. The van der Waals surface area contributed by atoms with Gasteiger partial charge in [0, 0.05) is 26.7 Å². The summed E-state index contributed by atoms with van der Waals surface area (Å²) >= 11 is 0. The van der Waals surface area contributed by atoms with Crippen LogP contribution in [0, 0.1) is 5.92 Å². The maximum Gasteiger partial charge on any atom is 0.191 e. The highest BCUT2D eigenvalue weighted by molar-refractivity contribution is 14.0. The van der Waals surface area contributed by atoms with Crippen LogP contribution >= 0.6 is 24.0 Å². The molecule has 1 aliphatic heterocycles. The van der Waals surface area contributed by atoms with Crippen molar-refractivity contribution in [2.45, 2.75) is 26.3 Å². The number of nitrogens with one attached hydrogen (secondary N) is 2. The molecule has 1 aromatic carbocycles. The van der Waals surface area contributed by atoms with E-state index in [1.165, 1.54) is 31.5 Å². The van der Waals surface area contributed by atoms with E-state index in [0.29, 0.717) is 6.54 Å². The molecule has 1 aliphatic rings. The van der Waals surface area contributed by atoms with Gasteiger partial charge in [-0.3, -0.25) is 0 Å². The average Bonchev–Trinajstić information content (AvgIpc) is 2.64. The second-order valence-electron chi connectivity index (χ2n) is 6.34.